The highest BCUT2D eigenvalue weighted by Crippen LogP contribution is 2.17. The zero-order valence-corrected chi connectivity index (χ0v) is 10.3. The van der Waals surface area contributed by atoms with Gasteiger partial charge in [0.1, 0.15) is 0 Å². The van der Waals surface area contributed by atoms with Gasteiger partial charge in [-0.2, -0.15) is 0 Å². The van der Waals surface area contributed by atoms with Gasteiger partial charge in [0.15, 0.2) is 0 Å². The van der Waals surface area contributed by atoms with E-state index in [0.717, 1.165) is 0 Å². The van der Waals surface area contributed by atoms with Gasteiger partial charge in [0.25, 0.3) is 6.47 Å². The van der Waals surface area contributed by atoms with Gasteiger partial charge >= 0.3 is 0 Å². The average Bonchev–Trinajstić information content (AvgIpc) is 2.27. The van der Waals surface area contributed by atoms with E-state index in [4.69, 9.17) is 4.74 Å². The van der Waals surface area contributed by atoms with Crippen molar-refractivity contribution in [2.75, 3.05) is 6.61 Å². The lowest BCUT2D eigenvalue weighted by Gasteiger charge is -2.14. The summed E-state index contributed by atoms with van der Waals surface area (Å²) in [7, 11) is 0. The van der Waals surface area contributed by atoms with Crippen LogP contribution in [0.2, 0.25) is 0 Å². The first-order valence-electron chi connectivity index (χ1n) is 6.40. The molecule has 0 aliphatic carbocycles. The van der Waals surface area contributed by atoms with Crippen LogP contribution in [0.5, 0.6) is 0 Å². The van der Waals surface area contributed by atoms with E-state index in [9.17, 15) is 4.79 Å². The van der Waals surface area contributed by atoms with Crippen molar-refractivity contribution < 1.29 is 9.53 Å². The molecule has 0 radical (unpaired) electrons. The van der Waals surface area contributed by atoms with Crippen molar-refractivity contribution in [3.8, 4) is 0 Å². The summed E-state index contributed by atoms with van der Waals surface area (Å²) in [6.45, 7) is 5.62. The van der Waals surface area contributed by atoms with Crippen LogP contribution >= 0.6 is 0 Å². The van der Waals surface area contributed by atoms with Crippen molar-refractivity contribution in [2.45, 2.75) is 65.2 Å². The first-order chi connectivity index (χ1) is 7.35. The van der Waals surface area contributed by atoms with Crippen LogP contribution in [0.15, 0.2) is 0 Å². The van der Waals surface area contributed by atoms with E-state index in [-0.39, 0.29) is 0 Å². The van der Waals surface area contributed by atoms with Gasteiger partial charge in [-0.15, -0.1) is 0 Å². The fourth-order valence-electron chi connectivity index (χ4n) is 1.84. The molecule has 0 aliphatic rings. The molecular formula is C13H26O2. The summed E-state index contributed by atoms with van der Waals surface area (Å²) in [5.74, 6) is 0.590. The van der Waals surface area contributed by atoms with Gasteiger partial charge in [0.2, 0.25) is 0 Å². The Balaban J connectivity index is 3.53. The van der Waals surface area contributed by atoms with E-state index in [2.05, 4.69) is 13.8 Å². The molecule has 0 rings (SSSR count). The normalized spacial score (nSPS) is 12.4. The van der Waals surface area contributed by atoms with E-state index >= 15 is 0 Å². The Hall–Kier alpha value is -0.530. The number of hydrogen-bond donors (Lipinski definition) is 0. The summed E-state index contributed by atoms with van der Waals surface area (Å²) in [5.41, 5.74) is 0. The van der Waals surface area contributed by atoms with Crippen molar-refractivity contribution in [2.24, 2.45) is 5.92 Å². The molecule has 0 aromatic carbocycles. The second-order valence-corrected chi connectivity index (χ2v) is 4.29. The maximum Gasteiger partial charge on any atom is 0.293 e. The van der Waals surface area contributed by atoms with E-state index < -0.39 is 0 Å². The Morgan fingerprint density at radius 1 is 1.00 bits per heavy atom. The molecule has 0 aliphatic heterocycles. The summed E-state index contributed by atoms with van der Waals surface area (Å²) in [6.07, 6.45) is 10.1. The molecule has 0 aromatic rings. The fraction of sp³-hybridized carbons (Fsp3) is 0.923. The molecule has 0 fully saturated rings. The third-order valence-electron chi connectivity index (χ3n) is 2.83. The SMILES string of the molecule is CCCCCC[C@H](CCCC)COC=O. The van der Waals surface area contributed by atoms with Crippen LogP contribution in [0.1, 0.15) is 65.2 Å². The first kappa shape index (κ1) is 14.5. The minimum absolute atomic E-state index is 0.574. The number of unbranched alkanes of at least 4 members (excludes halogenated alkanes) is 4. The van der Waals surface area contributed by atoms with Gasteiger partial charge in [0, 0.05) is 0 Å². The van der Waals surface area contributed by atoms with Crippen molar-refractivity contribution >= 4 is 6.47 Å². The van der Waals surface area contributed by atoms with Crippen molar-refractivity contribution in [1.82, 2.24) is 0 Å². The molecule has 0 heterocycles. The number of rotatable bonds is 11. The maximum absolute atomic E-state index is 10.1. The third-order valence-corrected chi connectivity index (χ3v) is 2.83. The Morgan fingerprint density at radius 3 is 2.27 bits per heavy atom. The molecule has 2 heteroatoms. The highest BCUT2D eigenvalue weighted by Gasteiger charge is 2.08. The molecule has 0 amide bonds. The summed E-state index contributed by atoms with van der Waals surface area (Å²) < 4.78 is 4.87. The lowest BCUT2D eigenvalue weighted by Crippen LogP contribution is -2.09. The predicted octanol–water partition coefficient (Wildman–Crippen LogP) is 3.94. The number of hydrogen-bond acceptors (Lipinski definition) is 2. The molecule has 1 atom stereocenters. The van der Waals surface area contributed by atoms with Gasteiger partial charge < -0.3 is 4.74 Å². The quantitative estimate of drug-likeness (QED) is 0.385. The van der Waals surface area contributed by atoms with Gasteiger partial charge in [-0.1, -0.05) is 52.4 Å². The second kappa shape index (κ2) is 11.5. The molecule has 0 unspecified atom stereocenters. The first-order valence-corrected chi connectivity index (χ1v) is 6.40. The van der Waals surface area contributed by atoms with Crippen molar-refractivity contribution in [3.63, 3.8) is 0 Å². The van der Waals surface area contributed by atoms with Crippen LogP contribution in [0.4, 0.5) is 0 Å². The predicted molar refractivity (Wildman–Crippen MR) is 63.8 cm³/mol. The third kappa shape index (κ3) is 9.77. The molecule has 15 heavy (non-hydrogen) atoms. The number of ether oxygens (including phenoxy) is 1. The van der Waals surface area contributed by atoms with Crippen molar-refractivity contribution in [1.29, 1.82) is 0 Å². The molecular weight excluding hydrogens is 188 g/mol. The van der Waals surface area contributed by atoms with Gasteiger partial charge in [-0.3, -0.25) is 4.79 Å². The van der Waals surface area contributed by atoms with Crippen LogP contribution < -0.4 is 0 Å². The summed E-state index contributed by atoms with van der Waals surface area (Å²) in [5, 5.41) is 0. The number of carbonyl (C=O) groups excluding carboxylic acids is 1. The molecule has 0 N–H and O–H groups in total. The van der Waals surface area contributed by atoms with Crippen LogP contribution in [0.3, 0.4) is 0 Å². The Morgan fingerprint density at radius 2 is 1.67 bits per heavy atom. The molecule has 0 bridgehead atoms. The zero-order chi connectivity index (χ0) is 11.4. The standard InChI is InChI=1S/C13H26O2/c1-3-5-7-8-10-13(9-6-4-2)11-15-12-14/h12-13H,3-11H2,1-2H3/t13-/m0/s1. The van der Waals surface area contributed by atoms with Gasteiger partial charge in [-0.05, 0) is 18.8 Å². The summed E-state index contributed by atoms with van der Waals surface area (Å²) in [4.78, 5) is 10.1. The van der Waals surface area contributed by atoms with Gasteiger partial charge in [-0.25, -0.2) is 0 Å². The Kier molecular flexibility index (Phi) is 11.1. The molecule has 90 valence electrons. The minimum atomic E-state index is 0.574. The highest BCUT2D eigenvalue weighted by molar-refractivity contribution is 5.36. The lowest BCUT2D eigenvalue weighted by molar-refractivity contribution is -0.130. The minimum Gasteiger partial charge on any atom is -0.468 e. The molecule has 0 saturated heterocycles. The van der Waals surface area contributed by atoms with Crippen LogP contribution in [-0.2, 0) is 9.53 Å². The number of carbonyl (C=O) groups is 1. The molecule has 0 saturated carbocycles. The van der Waals surface area contributed by atoms with Crippen molar-refractivity contribution in [3.05, 3.63) is 0 Å². The van der Waals surface area contributed by atoms with E-state index in [1.165, 1.54) is 51.4 Å². The van der Waals surface area contributed by atoms with Gasteiger partial charge in [0.05, 0.1) is 6.61 Å². The molecule has 2 nitrogen and oxygen atoms in total. The van der Waals surface area contributed by atoms with Crippen LogP contribution in [0, 0.1) is 5.92 Å². The lowest BCUT2D eigenvalue weighted by atomic mass is 9.96. The Bertz CT molecular complexity index is 134. The smallest absolute Gasteiger partial charge is 0.293 e. The largest absolute Gasteiger partial charge is 0.468 e. The second-order valence-electron chi connectivity index (χ2n) is 4.29. The monoisotopic (exact) mass is 214 g/mol. The summed E-state index contributed by atoms with van der Waals surface area (Å²) in [6, 6.07) is 0. The fourth-order valence-corrected chi connectivity index (χ4v) is 1.84. The van der Waals surface area contributed by atoms with E-state index in [1.54, 1.807) is 0 Å². The highest BCUT2D eigenvalue weighted by atomic mass is 16.5. The van der Waals surface area contributed by atoms with E-state index in [1.807, 2.05) is 0 Å². The average molecular weight is 214 g/mol. The maximum atomic E-state index is 10.1. The van der Waals surface area contributed by atoms with Crippen LogP contribution in [0.25, 0.3) is 0 Å². The summed E-state index contributed by atoms with van der Waals surface area (Å²) >= 11 is 0. The molecule has 0 aromatic heterocycles. The van der Waals surface area contributed by atoms with Crippen LogP contribution in [-0.4, -0.2) is 13.1 Å². The van der Waals surface area contributed by atoms with E-state index in [0.29, 0.717) is 19.0 Å². The zero-order valence-electron chi connectivity index (χ0n) is 10.3. The topological polar surface area (TPSA) is 26.3 Å². The molecule has 0 spiro atoms. The Labute approximate surface area is 94.4 Å².